The van der Waals surface area contributed by atoms with Crippen LogP contribution in [0.3, 0.4) is 0 Å². The zero-order chi connectivity index (χ0) is 22.3. The summed E-state index contributed by atoms with van der Waals surface area (Å²) in [5.74, 6) is -0.252. The predicted molar refractivity (Wildman–Crippen MR) is 123 cm³/mol. The van der Waals surface area contributed by atoms with Gasteiger partial charge in [0.25, 0.3) is 11.8 Å². The second kappa shape index (κ2) is 7.89. The van der Waals surface area contributed by atoms with Crippen LogP contribution < -0.4 is 16.4 Å². The minimum absolute atomic E-state index is 0.0629. The summed E-state index contributed by atoms with van der Waals surface area (Å²) in [5.41, 5.74) is 8.41. The smallest absolute Gasteiger partial charge is 0.255 e. The van der Waals surface area contributed by atoms with Gasteiger partial charge >= 0.3 is 0 Å². The lowest BCUT2D eigenvalue weighted by atomic mass is 9.80. The zero-order valence-electron chi connectivity index (χ0n) is 17.8. The number of rotatable bonds is 5. The molecule has 2 amide bonds. The molecule has 3 aromatic rings. The van der Waals surface area contributed by atoms with Gasteiger partial charge in [-0.05, 0) is 54.5 Å². The monoisotopic (exact) mass is 439 g/mol. The topological polar surface area (TPSA) is 102 Å². The number of nitrogens with one attached hydrogen (secondary N) is 2. The quantitative estimate of drug-likeness (QED) is 0.541. The first-order valence-electron chi connectivity index (χ1n) is 10.3. The number of primary amides is 1. The van der Waals surface area contributed by atoms with E-state index in [0.717, 1.165) is 12.8 Å². The van der Waals surface area contributed by atoms with E-state index in [9.17, 15) is 9.59 Å². The predicted octanol–water partition coefficient (Wildman–Crippen LogP) is 4.58. The summed E-state index contributed by atoms with van der Waals surface area (Å²) in [6.07, 6.45) is 5.29. The Morgan fingerprint density at radius 3 is 2.55 bits per heavy atom. The number of aromatic nitrogens is 2. The standard InChI is InChI=1S/C23H26ClN5O2/c1-13-4-9-19(23(13,2)3)28-20-17(21(25)30)11-26-29-12-16(10-18(20)29)27-22(31)14-5-7-15(24)8-6-14/h5-8,10-13,19,28H,4,9H2,1-3H3,(H2,25,30)(H,27,31). The molecule has 1 fully saturated rings. The lowest BCUT2D eigenvalue weighted by Gasteiger charge is -2.33. The number of halogens is 1. The fourth-order valence-electron chi connectivity index (χ4n) is 4.20. The zero-order valence-corrected chi connectivity index (χ0v) is 18.5. The molecule has 4 rings (SSSR count). The molecule has 2 atom stereocenters. The van der Waals surface area contributed by atoms with Gasteiger partial charge in [0.15, 0.2) is 0 Å². The molecular formula is C23H26ClN5O2. The first-order valence-corrected chi connectivity index (χ1v) is 10.7. The molecule has 1 aromatic carbocycles. The molecule has 2 heterocycles. The summed E-state index contributed by atoms with van der Waals surface area (Å²) in [6, 6.07) is 8.63. The van der Waals surface area contributed by atoms with Crippen LogP contribution >= 0.6 is 11.6 Å². The van der Waals surface area contributed by atoms with Gasteiger partial charge in [0.05, 0.1) is 34.8 Å². The van der Waals surface area contributed by atoms with Crippen molar-refractivity contribution < 1.29 is 9.59 Å². The minimum atomic E-state index is -0.547. The highest BCUT2D eigenvalue weighted by molar-refractivity contribution is 6.30. The third-order valence-electron chi connectivity index (χ3n) is 6.64. The molecule has 0 saturated heterocycles. The summed E-state index contributed by atoms with van der Waals surface area (Å²) < 4.78 is 1.64. The molecule has 31 heavy (non-hydrogen) atoms. The van der Waals surface area contributed by atoms with E-state index in [1.54, 1.807) is 41.0 Å². The van der Waals surface area contributed by atoms with Gasteiger partial charge in [0.2, 0.25) is 0 Å². The molecule has 8 heteroatoms. The van der Waals surface area contributed by atoms with Gasteiger partial charge in [-0.3, -0.25) is 9.59 Å². The van der Waals surface area contributed by atoms with E-state index in [2.05, 4.69) is 36.5 Å². The maximum atomic E-state index is 12.6. The lowest BCUT2D eigenvalue weighted by molar-refractivity contribution is 0.0997. The van der Waals surface area contributed by atoms with E-state index < -0.39 is 5.91 Å². The van der Waals surface area contributed by atoms with Crippen molar-refractivity contribution in [2.75, 3.05) is 10.6 Å². The van der Waals surface area contributed by atoms with Gasteiger partial charge < -0.3 is 16.4 Å². The molecule has 162 valence electrons. The number of carbonyl (C=O) groups is 2. The molecule has 4 N–H and O–H groups in total. The van der Waals surface area contributed by atoms with E-state index in [1.807, 2.05) is 0 Å². The second-order valence-corrected chi connectivity index (χ2v) is 9.25. The third-order valence-corrected chi connectivity index (χ3v) is 6.89. The third kappa shape index (κ3) is 3.97. The van der Waals surface area contributed by atoms with Crippen molar-refractivity contribution in [3.05, 3.63) is 58.9 Å². The van der Waals surface area contributed by atoms with Crippen LogP contribution in [0.5, 0.6) is 0 Å². The van der Waals surface area contributed by atoms with Crippen LogP contribution in [0.25, 0.3) is 5.52 Å². The molecule has 0 aliphatic heterocycles. The van der Waals surface area contributed by atoms with Gasteiger partial charge in [-0.2, -0.15) is 5.10 Å². The summed E-state index contributed by atoms with van der Waals surface area (Å²) in [5, 5.41) is 11.3. The van der Waals surface area contributed by atoms with Crippen molar-refractivity contribution in [1.29, 1.82) is 0 Å². The number of anilines is 2. The number of fused-ring (bicyclic) bond motifs is 1. The van der Waals surface area contributed by atoms with Crippen LogP contribution in [0, 0.1) is 11.3 Å². The summed E-state index contributed by atoms with van der Waals surface area (Å²) >= 11 is 5.90. The summed E-state index contributed by atoms with van der Waals surface area (Å²) in [7, 11) is 0. The van der Waals surface area contributed by atoms with Crippen LogP contribution in [-0.2, 0) is 0 Å². The van der Waals surface area contributed by atoms with E-state index >= 15 is 0 Å². The lowest BCUT2D eigenvalue weighted by Crippen LogP contribution is -2.35. The molecule has 7 nitrogen and oxygen atoms in total. The van der Waals surface area contributed by atoms with E-state index in [4.69, 9.17) is 17.3 Å². The Morgan fingerprint density at radius 1 is 1.23 bits per heavy atom. The van der Waals surface area contributed by atoms with Crippen molar-refractivity contribution in [3.63, 3.8) is 0 Å². The Bertz CT molecular complexity index is 1150. The van der Waals surface area contributed by atoms with Crippen molar-refractivity contribution in [3.8, 4) is 0 Å². The summed E-state index contributed by atoms with van der Waals surface area (Å²) in [6.45, 7) is 6.72. The van der Waals surface area contributed by atoms with Gasteiger partial charge in [-0.1, -0.05) is 32.4 Å². The molecule has 1 aliphatic rings. The average molecular weight is 440 g/mol. The van der Waals surface area contributed by atoms with Crippen molar-refractivity contribution >= 4 is 40.3 Å². The molecular weight excluding hydrogens is 414 g/mol. The normalized spacial score (nSPS) is 20.0. The molecule has 1 aliphatic carbocycles. The largest absolute Gasteiger partial charge is 0.379 e. The second-order valence-electron chi connectivity index (χ2n) is 8.81. The Balaban J connectivity index is 1.68. The van der Waals surface area contributed by atoms with E-state index in [1.165, 1.54) is 6.20 Å². The number of nitrogens with zero attached hydrogens (tertiary/aromatic N) is 2. The van der Waals surface area contributed by atoms with Crippen molar-refractivity contribution in [2.24, 2.45) is 17.1 Å². The van der Waals surface area contributed by atoms with Crippen LogP contribution in [0.4, 0.5) is 11.4 Å². The Morgan fingerprint density at radius 2 is 1.94 bits per heavy atom. The summed E-state index contributed by atoms with van der Waals surface area (Å²) in [4.78, 5) is 24.7. The molecule has 1 saturated carbocycles. The number of carbonyl (C=O) groups excluding carboxylic acids is 2. The van der Waals surface area contributed by atoms with Crippen LogP contribution in [0.2, 0.25) is 5.02 Å². The number of benzene rings is 1. The van der Waals surface area contributed by atoms with Gasteiger partial charge in [-0.15, -0.1) is 0 Å². The van der Waals surface area contributed by atoms with Crippen molar-refractivity contribution in [2.45, 2.75) is 39.7 Å². The Hall–Kier alpha value is -3.06. The van der Waals surface area contributed by atoms with Crippen LogP contribution in [-0.4, -0.2) is 27.5 Å². The molecule has 2 aromatic heterocycles. The minimum Gasteiger partial charge on any atom is -0.379 e. The molecule has 2 unspecified atom stereocenters. The average Bonchev–Trinajstić information content (AvgIpc) is 3.23. The van der Waals surface area contributed by atoms with Gasteiger partial charge in [0, 0.05) is 16.6 Å². The Kier molecular flexibility index (Phi) is 5.39. The van der Waals surface area contributed by atoms with E-state index in [-0.39, 0.29) is 17.4 Å². The van der Waals surface area contributed by atoms with Gasteiger partial charge in [0.1, 0.15) is 0 Å². The molecule has 0 bridgehead atoms. The number of hydrogen-bond acceptors (Lipinski definition) is 4. The highest BCUT2D eigenvalue weighted by Gasteiger charge is 2.41. The van der Waals surface area contributed by atoms with Gasteiger partial charge in [-0.25, -0.2) is 4.52 Å². The maximum Gasteiger partial charge on any atom is 0.255 e. The fourth-order valence-corrected chi connectivity index (χ4v) is 4.33. The first kappa shape index (κ1) is 21.2. The van der Waals surface area contributed by atoms with E-state index in [0.29, 0.717) is 39.0 Å². The highest BCUT2D eigenvalue weighted by Crippen LogP contribution is 2.44. The van der Waals surface area contributed by atoms with Crippen LogP contribution in [0.15, 0.2) is 42.7 Å². The maximum absolute atomic E-state index is 12.6. The highest BCUT2D eigenvalue weighted by atomic mass is 35.5. The number of amides is 2. The first-order chi connectivity index (χ1) is 14.7. The number of nitrogens with two attached hydrogens (primary N) is 1. The number of hydrogen-bond donors (Lipinski definition) is 3. The Labute approximate surface area is 186 Å². The molecule has 0 spiro atoms. The van der Waals surface area contributed by atoms with Crippen molar-refractivity contribution in [1.82, 2.24) is 9.61 Å². The van der Waals surface area contributed by atoms with Crippen LogP contribution in [0.1, 0.15) is 54.3 Å². The fraction of sp³-hybridized carbons (Fsp3) is 0.348. The SMILES string of the molecule is CC1CCC(Nc2c(C(N)=O)cnn3cc(NC(=O)c4ccc(Cl)cc4)cc23)C1(C)C. The molecule has 0 radical (unpaired) electrons.